The number of aliphatic hydroxyl groups is 2. The maximum Gasteiger partial charge on any atom is 0.306 e. The standard InChI is InChI=1S/C13H24N4O4/c1-13(2,3)12(4-5-18)14-7-11(19)9-16-8-10(6-15-16)17(20)21/h6,8,11-12,14,18-19H,4-5,7,9H2,1-3H3. The van der Waals surface area contributed by atoms with Crippen molar-refractivity contribution in [1.29, 1.82) is 0 Å². The van der Waals surface area contributed by atoms with E-state index < -0.39 is 11.0 Å². The van der Waals surface area contributed by atoms with Gasteiger partial charge in [0.25, 0.3) is 0 Å². The summed E-state index contributed by atoms with van der Waals surface area (Å²) < 4.78 is 1.35. The molecule has 120 valence electrons. The van der Waals surface area contributed by atoms with Crippen molar-refractivity contribution in [2.24, 2.45) is 5.41 Å². The van der Waals surface area contributed by atoms with Crippen molar-refractivity contribution in [1.82, 2.24) is 15.1 Å². The first-order chi connectivity index (χ1) is 9.74. The molecule has 2 unspecified atom stereocenters. The van der Waals surface area contributed by atoms with Gasteiger partial charge in [-0.25, -0.2) is 0 Å². The van der Waals surface area contributed by atoms with Gasteiger partial charge in [0.1, 0.15) is 12.4 Å². The lowest BCUT2D eigenvalue weighted by Gasteiger charge is -2.32. The summed E-state index contributed by atoms with van der Waals surface area (Å²) in [6.45, 7) is 6.76. The van der Waals surface area contributed by atoms with E-state index in [2.05, 4.69) is 31.2 Å². The highest BCUT2D eigenvalue weighted by molar-refractivity contribution is 5.20. The number of rotatable bonds is 8. The van der Waals surface area contributed by atoms with Gasteiger partial charge in [0.2, 0.25) is 0 Å². The average Bonchev–Trinajstić information content (AvgIpc) is 2.81. The summed E-state index contributed by atoms with van der Waals surface area (Å²) >= 11 is 0. The van der Waals surface area contributed by atoms with Crippen LogP contribution >= 0.6 is 0 Å². The molecule has 0 bridgehead atoms. The molecular weight excluding hydrogens is 276 g/mol. The van der Waals surface area contributed by atoms with Crippen molar-refractivity contribution in [2.75, 3.05) is 13.2 Å². The van der Waals surface area contributed by atoms with E-state index in [-0.39, 0.29) is 30.3 Å². The van der Waals surface area contributed by atoms with Crippen LogP contribution in [0.5, 0.6) is 0 Å². The van der Waals surface area contributed by atoms with Crippen molar-refractivity contribution in [2.45, 2.75) is 45.9 Å². The molecule has 8 heteroatoms. The molecule has 1 aromatic rings. The van der Waals surface area contributed by atoms with Crippen LogP contribution in [-0.2, 0) is 6.54 Å². The fourth-order valence-electron chi connectivity index (χ4n) is 2.08. The van der Waals surface area contributed by atoms with Crippen molar-refractivity contribution >= 4 is 5.69 Å². The lowest BCUT2D eigenvalue weighted by Crippen LogP contribution is -2.45. The van der Waals surface area contributed by atoms with Gasteiger partial charge in [-0.05, 0) is 11.8 Å². The summed E-state index contributed by atoms with van der Waals surface area (Å²) in [5, 5.41) is 36.7. The van der Waals surface area contributed by atoms with Gasteiger partial charge in [0.05, 0.1) is 17.6 Å². The molecule has 2 atom stereocenters. The van der Waals surface area contributed by atoms with Gasteiger partial charge in [-0.2, -0.15) is 5.10 Å². The Labute approximate surface area is 123 Å². The van der Waals surface area contributed by atoms with E-state index in [1.54, 1.807) is 0 Å². The molecule has 0 spiro atoms. The molecule has 0 radical (unpaired) electrons. The Bertz CT molecular complexity index is 455. The smallest absolute Gasteiger partial charge is 0.306 e. The van der Waals surface area contributed by atoms with Gasteiger partial charge in [0.15, 0.2) is 0 Å². The third-order valence-corrected chi connectivity index (χ3v) is 3.29. The Hall–Kier alpha value is -1.51. The van der Waals surface area contributed by atoms with Gasteiger partial charge in [-0.3, -0.25) is 14.8 Å². The lowest BCUT2D eigenvalue weighted by atomic mass is 9.85. The highest BCUT2D eigenvalue weighted by atomic mass is 16.6. The van der Waals surface area contributed by atoms with Gasteiger partial charge in [-0.15, -0.1) is 0 Å². The fraction of sp³-hybridized carbons (Fsp3) is 0.769. The van der Waals surface area contributed by atoms with Crippen LogP contribution in [0, 0.1) is 15.5 Å². The molecule has 8 nitrogen and oxygen atoms in total. The van der Waals surface area contributed by atoms with Crippen LogP contribution in [0.4, 0.5) is 5.69 Å². The third kappa shape index (κ3) is 5.78. The zero-order valence-electron chi connectivity index (χ0n) is 12.7. The van der Waals surface area contributed by atoms with Crippen LogP contribution in [0.2, 0.25) is 0 Å². The van der Waals surface area contributed by atoms with Crippen LogP contribution in [0.3, 0.4) is 0 Å². The Morgan fingerprint density at radius 2 is 2.19 bits per heavy atom. The SMILES string of the molecule is CC(C)(C)C(CCO)NCC(O)Cn1cc([N+](=O)[O-])cn1. The largest absolute Gasteiger partial charge is 0.396 e. The molecule has 1 rings (SSSR count). The summed E-state index contributed by atoms with van der Waals surface area (Å²) in [5.41, 5.74) is -0.129. The number of aromatic nitrogens is 2. The minimum Gasteiger partial charge on any atom is -0.396 e. The topological polar surface area (TPSA) is 113 Å². The van der Waals surface area contributed by atoms with Crippen molar-refractivity contribution < 1.29 is 15.1 Å². The number of hydrogen-bond donors (Lipinski definition) is 3. The van der Waals surface area contributed by atoms with Crippen molar-refractivity contribution in [3.05, 3.63) is 22.5 Å². The van der Waals surface area contributed by atoms with Crippen LogP contribution in [0.15, 0.2) is 12.4 Å². The summed E-state index contributed by atoms with van der Waals surface area (Å²) in [7, 11) is 0. The molecular formula is C13H24N4O4. The molecule has 1 aromatic heterocycles. The van der Waals surface area contributed by atoms with Crippen LogP contribution in [0.25, 0.3) is 0 Å². The van der Waals surface area contributed by atoms with Crippen LogP contribution < -0.4 is 5.32 Å². The van der Waals surface area contributed by atoms with E-state index in [0.717, 1.165) is 6.20 Å². The van der Waals surface area contributed by atoms with E-state index in [1.165, 1.54) is 10.9 Å². The van der Waals surface area contributed by atoms with E-state index in [9.17, 15) is 15.2 Å². The summed E-state index contributed by atoms with van der Waals surface area (Å²) in [4.78, 5) is 10.0. The minimum absolute atomic E-state index is 0.0348. The molecule has 3 N–H and O–H groups in total. The van der Waals surface area contributed by atoms with E-state index in [1.807, 2.05) is 0 Å². The number of nitrogens with zero attached hydrogens (tertiary/aromatic N) is 3. The predicted molar refractivity (Wildman–Crippen MR) is 77.8 cm³/mol. The predicted octanol–water partition coefficient (Wildman–Crippen LogP) is 0.539. The quantitative estimate of drug-likeness (QED) is 0.477. The van der Waals surface area contributed by atoms with E-state index in [0.29, 0.717) is 13.0 Å². The first-order valence-electron chi connectivity index (χ1n) is 6.93. The van der Waals surface area contributed by atoms with Gasteiger partial charge in [0, 0.05) is 19.2 Å². The number of nitrogens with one attached hydrogen (secondary N) is 1. The van der Waals surface area contributed by atoms with Crippen molar-refractivity contribution in [3.63, 3.8) is 0 Å². The Balaban J connectivity index is 2.48. The molecule has 0 saturated carbocycles. The second-order valence-corrected chi connectivity index (χ2v) is 6.17. The lowest BCUT2D eigenvalue weighted by molar-refractivity contribution is -0.385. The Morgan fingerprint density at radius 3 is 2.67 bits per heavy atom. The highest BCUT2D eigenvalue weighted by Crippen LogP contribution is 2.21. The molecule has 0 amide bonds. The fourth-order valence-corrected chi connectivity index (χ4v) is 2.08. The molecule has 0 fully saturated rings. The zero-order chi connectivity index (χ0) is 16.0. The molecule has 0 aromatic carbocycles. The van der Waals surface area contributed by atoms with Gasteiger partial charge in [-0.1, -0.05) is 20.8 Å². The Kier molecular flexibility index (Phi) is 6.25. The molecule has 1 heterocycles. The summed E-state index contributed by atoms with van der Waals surface area (Å²) in [6.07, 6.45) is 2.33. The normalized spacial score (nSPS) is 14.9. The molecule has 21 heavy (non-hydrogen) atoms. The minimum atomic E-state index is -0.715. The summed E-state index contributed by atoms with van der Waals surface area (Å²) in [6, 6.07) is 0.0732. The Morgan fingerprint density at radius 1 is 1.52 bits per heavy atom. The molecule has 0 aliphatic heterocycles. The van der Waals surface area contributed by atoms with E-state index >= 15 is 0 Å². The van der Waals surface area contributed by atoms with E-state index in [4.69, 9.17) is 5.11 Å². The molecule has 0 aliphatic rings. The second kappa shape index (κ2) is 7.48. The number of aliphatic hydroxyl groups excluding tert-OH is 2. The first-order valence-corrected chi connectivity index (χ1v) is 6.93. The third-order valence-electron chi connectivity index (χ3n) is 3.29. The average molecular weight is 300 g/mol. The highest BCUT2D eigenvalue weighted by Gasteiger charge is 2.24. The maximum atomic E-state index is 10.6. The number of nitro groups is 1. The monoisotopic (exact) mass is 300 g/mol. The first kappa shape index (κ1) is 17.5. The van der Waals surface area contributed by atoms with Crippen LogP contribution in [0.1, 0.15) is 27.2 Å². The summed E-state index contributed by atoms with van der Waals surface area (Å²) in [5.74, 6) is 0. The number of hydrogen-bond acceptors (Lipinski definition) is 6. The second-order valence-electron chi connectivity index (χ2n) is 6.17. The maximum absolute atomic E-state index is 10.6. The van der Waals surface area contributed by atoms with Crippen molar-refractivity contribution in [3.8, 4) is 0 Å². The molecule has 0 saturated heterocycles. The zero-order valence-corrected chi connectivity index (χ0v) is 12.7. The van der Waals surface area contributed by atoms with Crippen LogP contribution in [-0.4, -0.2) is 50.2 Å². The van der Waals surface area contributed by atoms with Gasteiger partial charge >= 0.3 is 5.69 Å². The van der Waals surface area contributed by atoms with Gasteiger partial charge < -0.3 is 15.5 Å². The molecule has 0 aliphatic carbocycles.